The lowest BCUT2D eigenvalue weighted by Gasteiger charge is -2.27. The van der Waals surface area contributed by atoms with Gasteiger partial charge in [-0.2, -0.15) is 0 Å². The van der Waals surface area contributed by atoms with E-state index in [1.54, 1.807) is 6.92 Å². The highest BCUT2D eigenvalue weighted by Gasteiger charge is 2.40. The van der Waals surface area contributed by atoms with Crippen LogP contribution in [0.3, 0.4) is 0 Å². The Kier molecular flexibility index (Phi) is 8.88. The van der Waals surface area contributed by atoms with Crippen molar-refractivity contribution in [2.75, 3.05) is 5.32 Å². The van der Waals surface area contributed by atoms with Gasteiger partial charge >= 0.3 is 11.9 Å². The molecule has 4 rings (SSSR count). The fourth-order valence-corrected chi connectivity index (χ4v) is 5.36. The number of carboxylic acid groups (broad SMARTS) is 2. The van der Waals surface area contributed by atoms with Gasteiger partial charge in [0.1, 0.15) is 0 Å². The lowest BCUT2D eigenvalue weighted by Crippen LogP contribution is -2.36. The lowest BCUT2D eigenvalue weighted by atomic mass is 9.78. The highest BCUT2D eigenvalue weighted by atomic mass is 32.2. The number of carboxylic acids is 2. The molecule has 10 heteroatoms. The molecule has 0 spiro atoms. The van der Waals surface area contributed by atoms with Gasteiger partial charge in [-0.3, -0.25) is 14.4 Å². The summed E-state index contributed by atoms with van der Waals surface area (Å²) >= 11 is 0. The van der Waals surface area contributed by atoms with E-state index in [0.717, 1.165) is 30.4 Å². The number of nitrogens with two attached hydrogens (primary N) is 1. The van der Waals surface area contributed by atoms with Crippen LogP contribution in [0.1, 0.15) is 51.0 Å². The van der Waals surface area contributed by atoms with Crippen LogP contribution in [-0.4, -0.2) is 36.5 Å². The first-order valence-electron chi connectivity index (χ1n) is 12.1. The number of carbonyl (C=O) groups excluding carboxylic acids is 1. The predicted octanol–water partition coefficient (Wildman–Crippen LogP) is 4.12. The van der Waals surface area contributed by atoms with Crippen LogP contribution in [-0.2, 0) is 24.4 Å². The highest BCUT2D eigenvalue weighted by molar-refractivity contribution is 7.89. The minimum atomic E-state index is -3.78. The second-order valence-corrected chi connectivity index (χ2v) is 11.1. The van der Waals surface area contributed by atoms with Crippen LogP contribution in [0.25, 0.3) is 5.57 Å². The van der Waals surface area contributed by atoms with E-state index >= 15 is 0 Å². The molecule has 2 aliphatic rings. The van der Waals surface area contributed by atoms with Gasteiger partial charge in [0.2, 0.25) is 15.9 Å². The summed E-state index contributed by atoms with van der Waals surface area (Å²) in [5.74, 6) is -3.27. The van der Waals surface area contributed by atoms with E-state index in [-0.39, 0.29) is 10.8 Å². The second-order valence-electron chi connectivity index (χ2n) is 9.55. The quantitative estimate of drug-likeness (QED) is 0.438. The Hall–Kier alpha value is -3.50. The number of rotatable bonds is 6. The van der Waals surface area contributed by atoms with Crippen molar-refractivity contribution in [2.24, 2.45) is 22.4 Å². The lowest BCUT2D eigenvalue weighted by molar-refractivity contribution is -0.147. The van der Waals surface area contributed by atoms with Gasteiger partial charge in [0.15, 0.2) is 0 Å². The number of allylic oxidation sites excluding steroid dienone is 1. The number of carbonyl (C=O) groups is 3. The standard InChI is InChI=1S/C14H18N2O5S.C13H14O2/c15-22(20,21)10-7-5-9(6-8-10)16-13(17)11-3-1-2-4-12(11)14(18)19;1-13(12(14)15)9-5-8-11(13)10-6-3-2-4-7-10/h5-8,11-12H,1-4H2,(H,16,17)(H,18,19)(H2,15,20,21);2-4,6-8H,5,9H2,1H3,(H,14,15). The average molecular weight is 529 g/mol. The summed E-state index contributed by atoms with van der Waals surface area (Å²) in [5.41, 5.74) is 1.68. The maximum absolute atomic E-state index is 12.2. The van der Waals surface area contributed by atoms with E-state index in [1.165, 1.54) is 24.3 Å². The van der Waals surface area contributed by atoms with Gasteiger partial charge in [-0.05, 0) is 68.0 Å². The zero-order valence-corrected chi connectivity index (χ0v) is 21.4. The molecule has 0 radical (unpaired) electrons. The number of hydrogen-bond acceptors (Lipinski definition) is 5. The van der Waals surface area contributed by atoms with Gasteiger partial charge in [0.05, 0.1) is 22.1 Å². The molecule has 0 aromatic heterocycles. The van der Waals surface area contributed by atoms with Crippen LogP contribution in [0, 0.1) is 17.3 Å². The third kappa shape index (κ3) is 6.84. The molecule has 5 N–H and O–H groups in total. The molecule has 2 aromatic carbocycles. The summed E-state index contributed by atoms with van der Waals surface area (Å²) in [4.78, 5) is 34.7. The molecule has 1 saturated carbocycles. The predicted molar refractivity (Wildman–Crippen MR) is 139 cm³/mol. The van der Waals surface area contributed by atoms with E-state index in [0.29, 0.717) is 24.9 Å². The number of primary sulfonamides is 1. The summed E-state index contributed by atoms with van der Waals surface area (Å²) in [6.45, 7) is 1.81. The Balaban J connectivity index is 0.000000220. The number of nitrogens with one attached hydrogen (secondary N) is 1. The van der Waals surface area contributed by atoms with Gasteiger partial charge < -0.3 is 15.5 Å². The molecule has 0 saturated heterocycles. The molecule has 0 heterocycles. The third-order valence-corrected chi connectivity index (χ3v) is 7.94. The average Bonchev–Trinajstić information content (AvgIpc) is 3.28. The Bertz CT molecular complexity index is 1270. The van der Waals surface area contributed by atoms with Crippen molar-refractivity contribution in [1.29, 1.82) is 0 Å². The van der Waals surface area contributed by atoms with Crippen LogP contribution >= 0.6 is 0 Å². The van der Waals surface area contributed by atoms with Crippen molar-refractivity contribution < 1.29 is 33.0 Å². The monoisotopic (exact) mass is 528 g/mol. The van der Waals surface area contributed by atoms with Crippen molar-refractivity contribution in [1.82, 2.24) is 0 Å². The zero-order valence-electron chi connectivity index (χ0n) is 20.6. The van der Waals surface area contributed by atoms with Crippen LogP contribution in [0.2, 0.25) is 0 Å². The molecular formula is C27H32N2O7S. The van der Waals surface area contributed by atoms with Gasteiger partial charge in [0.25, 0.3) is 0 Å². The number of amides is 1. The normalized spacial score (nSPS) is 23.2. The number of hydrogen-bond donors (Lipinski definition) is 4. The molecule has 37 heavy (non-hydrogen) atoms. The first-order valence-corrected chi connectivity index (χ1v) is 13.6. The fraction of sp³-hybridized carbons (Fsp3) is 0.370. The summed E-state index contributed by atoms with van der Waals surface area (Å²) in [5, 5.41) is 26.1. The fourth-order valence-electron chi connectivity index (χ4n) is 4.84. The molecule has 0 bridgehead atoms. The van der Waals surface area contributed by atoms with Crippen LogP contribution < -0.4 is 10.5 Å². The summed E-state index contributed by atoms with van der Waals surface area (Å²) in [6.07, 6.45) is 6.27. The van der Waals surface area contributed by atoms with Crippen LogP contribution in [0.5, 0.6) is 0 Å². The molecule has 198 valence electrons. The minimum Gasteiger partial charge on any atom is -0.481 e. The molecular weight excluding hydrogens is 496 g/mol. The van der Waals surface area contributed by atoms with Gasteiger partial charge in [0, 0.05) is 5.69 Å². The van der Waals surface area contributed by atoms with Crippen LogP contribution in [0.4, 0.5) is 5.69 Å². The Morgan fingerprint density at radius 1 is 0.946 bits per heavy atom. The SMILES string of the molecule is CC1(C(=O)O)CCC=C1c1ccccc1.NS(=O)(=O)c1ccc(NC(=O)C2CCCCC2C(=O)O)cc1. The molecule has 0 aliphatic heterocycles. The smallest absolute Gasteiger partial charge is 0.313 e. The maximum atomic E-state index is 12.2. The van der Waals surface area contributed by atoms with Crippen molar-refractivity contribution in [3.8, 4) is 0 Å². The Labute approximate surface area is 216 Å². The summed E-state index contributed by atoms with van der Waals surface area (Å²) in [7, 11) is -3.78. The van der Waals surface area contributed by atoms with E-state index in [2.05, 4.69) is 5.32 Å². The van der Waals surface area contributed by atoms with Gasteiger partial charge in [-0.25, -0.2) is 13.6 Å². The van der Waals surface area contributed by atoms with Crippen LogP contribution in [0.15, 0.2) is 65.6 Å². The molecule has 2 aromatic rings. The zero-order chi connectivity index (χ0) is 27.2. The van der Waals surface area contributed by atoms with E-state index in [1.807, 2.05) is 36.4 Å². The summed E-state index contributed by atoms with van der Waals surface area (Å²) < 4.78 is 22.3. The van der Waals surface area contributed by atoms with Crippen molar-refractivity contribution in [3.05, 3.63) is 66.2 Å². The van der Waals surface area contributed by atoms with Gasteiger partial charge in [-0.1, -0.05) is 49.2 Å². The molecule has 9 nitrogen and oxygen atoms in total. The van der Waals surface area contributed by atoms with Crippen molar-refractivity contribution >= 4 is 39.1 Å². The Morgan fingerprint density at radius 2 is 1.54 bits per heavy atom. The molecule has 3 atom stereocenters. The number of anilines is 1. The first kappa shape index (κ1) is 28.1. The second kappa shape index (κ2) is 11.7. The van der Waals surface area contributed by atoms with Gasteiger partial charge in [-0.15, -0.1) is 0 Å². The van der Waals surface area contributed by atoms with Crippen molar-refractivity contribution in [2.45, 2.75) is 50.3 Å². The number of benzene rings is 2. The van der Waals surface area contributed by atoms with E-state index in [4.69, 9.17) is 5.14 Å². The number of aliphatic carboxylic acids is 2. The third-order valence-electron chi connectivity index (χ3n) is 7.01. The van der Waals surface area contributed by atoms with E-state index < -0.39 is 39.2 Å². The topological polar surface area (TPSA) is 164 Å². The maximum Gasteiger partial charge on any atom is 0.313 e. The first-order chi connectivity index (χ1) is 17.4. The van der Waals surface area contributed by atoms with E-state index in [9.17, 15) is 33.0 Å². The summed E-state index contributed by atoms with van der Waals surface area (Å²) in [6, 6.07) is 15.2. The largest absolute Gasteiger partial charge is 0.481 e. The molecule has 3 unspecified atom stereocenters. The Morgan fingerprint density at radius 3 is 2.08 bits per heavy atom. The van der Waals surface area contributed by atoms with Crippen molar-refractivity contribution in [3.63, 3.8) is 0 Å². The number of sulfonamides is 1. The molecule has 1 amide bonds. The molecule has 1 fully saturated rings. The minimum absolute atomic E-state index is 0.0495. The highest BCUT2D eigenvalue weighted by Crippen LogP contribution is 2.44. The molecule has 2 aliphatic carbocycles.